The molecule has 0 aromatic rings. The van der Waals surface area contributed by atoms with Gasteiger partial charge >= 0.3 is 0 Å². The Bertz CT molecular complexity index is 295. The first kappa shape index (κ1) is 19.9. The van der Waals surface area contributed by atoms with E-state index in [1.807, 2.05) is 0 Å². The lowest BCUT2D eigenvalue weighted by Gasteiger charge is -2.19. The number of ether oxygens (including phenoxy) is 1. The van der Waals surface area contributed by atoms with E-state index in [4.69, 9.17) is 4.74 Å². The first-order valence-electron chi connectivity index (χ1n) is 7.61. The van der Waals surface area contributed by atoms with Crippen LogP contribution in [-0.2, 0) is 14.3 Å². The van der Waals surface area contributed by atoms with Gasteiger partial charge in [-0.15, -0.1) is 0 Å². The Balaban J connectivity index is 3.55. The summed E-state index contributed by atoms with van der Waals surface area (Å²) in [7, 11) is 0. The minimum absolute atomic E-state index is 0.0119. The van der Waals surface area contributed by atoms with Gasteiger partial charge in [-0.05, 0) is 10.8 Å². The van der Waals surface area contributed by atoms with Crippen LogP contribution in [0.2, 0.25) is 0 Å². The molecule has 5 nitrogen and oxygen atoms in total. The molecule has 0 bridgehead atoms. The highest BCUT2D eigenvalue weighted by Crippen LogP contribution is 2.10. The Hall–Kier alpha value is -1.10. The molecule has 0 radical (unpaired) electrons. The molecule has 0 saturated carbocycles. The van der Waals surface area contributed by atoms with Crippen molar-refractivity contribution in [3.8, 4) is 0 Å². The highest BCUT2D eigenvalue weighted by atomic mass is 16.5. The van der Waals surface area contributed by atoms with Crippen LogP contribution < -0.4 is 10.6 Å². The van der Waals surface area contributed by atoms with Crippen molar-refractivity contribution in [3.05, 3.63) is 0 Å². The van der Waals surface area contributed by atoms with E-state index in [0.29, 0.717) is 39.1 Å². The third kappa shape index (κ3) is 15.1. The second-order valence-corrected chi connectivity index (χ2v) is 7.79. The number of nitrogens with one attached hydrogen (secondary N) is 2. The lowest BCUT2D eigenvalue weighted by Crippen LogP contribution is -2.33. The largest absolute Gasteiger partial charge is 0.380 e. The SMILES string of the molecule is CC(C)(C)CNC(=O)CCOCCC(=O)NCC(C)(C)C. The Morgan fingerprint density at radius 3 is 1.38 bits per heavy atom. The summed E-state index contributed by atoms with van der Waals surface area (Å²) in [6.07, 6.45) is 0.666. The lowest BCUT2D eigenvalue weighted by molar-refractivity contribution is -0.123. The Labute approximate surface area is 129 Å². The van der Waals surface area contributed by atoms with Crippen LogP contribution in [0.15, 0.2) is 0 Å². The molecule has 0 saturated heterocycles. The molecule has 0 aromatic heterocycles. The maximum Gasteiger partial charge on any atom is 0.222 e. The smallest absolute Gasteiger partial charge is 0.222 e. The molecule has 0 aliphatic heterocycles. The summed E-state index contributed by atoms with van der Waals surface area (Å²) in [6.45, 7) is 14.4. The number of hydrogen-bond acceptors (Lipinski definition) is 3. The second-order valence-electron chi connectivity index (χ2n) is 7.79. The first-order chi connectivity index (χ1) is 9.49. The highest BCUT2D eigenvalue weighted by Gasteiger charge is 2.12. The van der Waals surface area contributed by atoms with Gasteiger partial charge in [0.1, 0.15) is 0 Å². The van der Waals surface area contributed by atoms with Crippen molar-refractivity contribution in [1.29, 1.82) is 0 Å². The van der Waals surface area contributed by atoms with Crippen molar-refractivity contribution in [2.45, 2.75) is 54.4 Å². The van der Waals surface area contributed by atoms with E-state index < -0.39 is 0 Å². The maximum absolute atomic E-state index is 11.5. The summed E-state index contributed by atoms with van der Waals surface area (Å²) in [5, 5.41) is 5.72. The van der Waals surface area contributed by atoms with Crippen LogP contribution in [0.25, 0.3) is 0 Å². The van der Waals surface area contributed by atoms with Gasteiger partial charge in [0, 0.05) is 25.9 Å². The highest BCUT2D eigenvalue weighted by molar-refractivity contribution is 5.76. The van der Waals surface area contributed by atoms with Crippen LogP contribution in [0.3, 0.4) is 0 Å². The van der Waals surface area contributed by atoms with Crippen LogP contribution in [0.1, 0.15) is 54.4 Å². The predicted octanol–water partition coefficient (Wildman–Crippen LogP) is 2.11. The van der Waals surface area contributed by atoms with E-state index >= 15 is 0 Å². The zero-order valence-corrected chi connectivity index (χ0v) is 14.5. The summed E-state index contributed by atoms with van der Waals surface area (Å²) in [5.41, 5.74) is 0.170. The standard InChI is InChI=1S/C16H32N2O3/c1-15(2,3)11-17-13(19)7-9-21-10-8-14(20)18-12-16(4,5)6/h7-12H2,1-6H3,(H,17,19)(H,18,20). The molecule has 2 amide bonds. The molecule has 21 heavy (non-hydrogen) atoms. The van der Waals surface area contributed by atoms with Gasteiger partial charge in [0.05, 0.1) is 13.2 Å². The molecule has 0 aliphatic rings. The average Bonchev–Trinajstić information content (AvgIpc) is 2.32. The minimum atomic E-state index is -0.0119. The monoisotopic (exact) mass is 300 g/mol. The summed E-state index contributed by atoms with van der Waals surface area (Å²) in [5.74, 6) is -0.0239. The van der Waals surface area contributed by atoms with Gasteiger partial charge in [-0.2, -0.15) is 0 Å². The van der Waals surface area contributed by atoms with Crippen LogP contribution in [0.4, 0.5) is 0 Å². The zero-order chi connectivity index (χ0) is 16.5. The van der Waals surface area contributed by atoms with Crippen molar-refractivity contribution < 1.29 is 14.3 Å². The molecule has 5 heteroatoms. The topological polar surface area (TPSA) is 67.4 Å². The molecule has 0 heterocycles. The molecule has 0 aromatic carbocycles. The van der Waals surface area contributed by atoms with Crippen LogP contribution >= 0.6 is 0 Å². The van der Waals surface area contributed by atoms with E-state index in [0.717, 1.165) is 0 Å². The summed E-state index contributed by atoms with van der Waals surface area (Å²) >= 11 is 0. The van der Waals surface area contributed by atoms with Gasteiger partial charge in [-0.3, -0.25) is 9.59 Å². The van der Waals surface area contributed by atoms with Gasteiger partial charge in [-0.25, -0.2) is 0 Å². The van der Waals surface area contributed by atoms with Crippen molar-refractivity contribution >= 4 is 11.8 Å². The molecule has 0 spiro atoms. The Kier molecular flexibility index (Phi) is 8.55. The minimum Gasteiger partial charge on any atom is -0.380 e. The maximum atomic E-state index is 11.5. The van der Waals surface area contributed by atoms with Crippen molar-refractivity contribution in [3.63, 3.8) is 0 Å². The molecule has 2 N–H and O–H groups in total. The third-order valence-electron chi connectivity index (χ3n) is 2.58. The average molecular weight is 300 g/mol. The van der Waals surface area contributed by atoms with E-state index in [9.17, 15) is 9.59 Å². The zero-order valence-electron chi connectivity index (χ0n) is 14.5. The predicted molar refractivity (Wildman–Crippen MR) is 85.0 cm³/mol. The number of carbonyl (C=O) groups is 2. The Morgan fingerprint density at radius 1 is 0.762 bits per heavy atom. The Morgan fingerprint density at radius 2 is 1.10 bits per heavy atom. The fraction of sp³-hybridized carbons (Fsp3) is 0.875. The molecular formula is C16H32N2O3. The van der Waals surface area contributed by atoms with Crippen molar-refractivity contribution in [2.75, 3.05) is 26.3 Å². The van der Waals surface area contributed by atoms with E-state index in [1.54, 1.807) is 0 Å². The van der Waals surface area contributed by atoms with Gasteiger partial charge in [0.15, 0.2) is 0 Å². The fourth-order valence-corrected chi connectivity index (χ4v) is 1.34. The normalized spacial score (nSPS) is 12.1. The lowest BCUT2D eigenvalue weighted by atomic mass is 9.97. The van der Waals surface area contributed by atoms with Crippen LogP contribution in [0.5, 0.6) is 0 Å². The molecule has 0 unspecified atom stereocenters. The summed E-state index contributed by atoms with van der Waals surface area (Å²) < 4.78 is 5.32. The summed E-state index contributed by atoms with van der Waals surface area (Å²) in [6, 6.07) is 0. The number of amides is 2. The van der Waals surface area contributed by atoms with Crippen LogP contribution in [0, 0.1) is 10.8 Å². The van der Waals surface area contributed by atoms with Gasteiger partial charge in [-0.1, -0.05) is 41.5 Å². The van der Waals surface area contributed by atoms with E-state index in [2.05, 4.69) is 52.2 Å². The molecular weight excluding hydrogens is 268 g/mol. The number of carbonyl (C=O) groups excluding carboxylic acids is 2. The third-order valence-corrected chi connectivity index (χ3v) is 2.58. The van der Waals surface area contributed by atoms with Gasteiger partial charge in [0.2, 0.25) is 11.8 Å². The quantitative estimate of drug-likeness (QED) is 0.675. The number of rotatable bonds is 8. The van der Waals surface area contributed by atoms with Crippen LogP contribution in [-0.4, -0.2) is 38.1 Å². The molecule has 0 atom stereocenters. The molecule has 0 rings (SSSR count). The fourth-order valence-electron chi connectivity index (χ4n) is 1.34. The van der Waals surface area contributed by atoms with Crippen molar-refractivity contribution in [1.82, 2.24) is 10.6 Å². The van der Waals surface area contributed by atoms with E-state index in [1.165, 1.54) is 0 Å². The first-order valence-corrected chi connectivity index (χ1v) is 7.61. The summed E-state index contributed by atoms with van der Waals surface area (Å²) in [4.78, 5) is 23.1. The van der Waals surface area contributed by atoms with Gasteiger partial charge < -0.3 is 15.4 Å². The number of hydrogen-bond donors (Lipinski definition) is 2. The van der Waals surface area contributed by atoms with E-state index in [-0.39, 0.29) is 22.6 Å². The molecule has 124 valence electrons. The second kappa shape index (κ2) is 9.03. The van der Waals surface area contributed by atoms with Crippen molar-refractivity contribution in [2.24, 2.45) is 10.8 Å². The molecule has 0 aliphatic carbocycles. The molecule has 0 fully saturated rings. The van der Waals surface area contributed by atoms with Gasteiger partial charge in [0.25, 0.3) is 0 Å².